The van der Waals surface area contributed by atoms with Crippen molar-refractivity contribution in [3.8, 4) is 5.75 Å². The lowest BCUT2D eigenvalue weighted by molar-refractivity contribution is -0.153. The Morgan fingerprint density at radius 3 is 2.62 bits per heavy atom. The number of amides is 1. The van der Waals surface area contributed by atoms with Gasteiger partial charge in [0.05, 0.1) is 11.3 Å². The Hall–Kier alpha value is -2.57. The molecular weight excluding hydrogens is 285 g/mol. The number of pyridine rings is 1. The van der Waals surface area contributed by atoms with E-state index in [1.54, 1.807) is 18.2 Å². The van der Waals surface area contributed by atoms with E-state index in [2.05, 4.69) is 15.0 Å². The third kappa shape index (κ3) is 4.48. The molecule has 0 aliphatic carbocycles. The number of ether oxygens (including phenoxy) is 1. The molecule has 0 saturated carbocycles. The smallest absolute Gasteiger partial charge is 0.422 e. The number of nitrogens with one attached hydrogen (secondary N) is 1. The summed E-state index contributed by atoms with van der Waals surface area (Å²) >= 11 is 0. The summed E-state index contributed by atoms with van der Waals surface area (Å²) in [7, 11) is 0. The summed E-state index contributed by atoms with van der Waals surface area (Å²) in [6.07, 6.45) is -1.58. The summed E-state index contributed by atoms with van der Waals surface area (Å²) in [5.74, 6) is -0.529. The largest absolute Gasteiger partial charge is 0.482 e. The van der Waals surface area contributed by atoms with Gasteiger partial charge in [0, 0.05) is 12.4 Å². The predicted molar refractivity (Wildman–Crippen MR) is 70.2 cm³/mol. The van der Waals surface area contributed by atoms with Crippen molar-refractivity contribution in [1.82, 2.24) is 4.98 Å². The Morgan fingerprint density at radius 2 is 1.95 bits per heavy atom. The van der Waals surface area contributed by atoms with Crippen LogP contribution in [0.3, 0.4) is 0 Å². The third-order valence-electron chi connectivity index (χ3n) is 2.45. The Labute approximate surface area is 118 Å². The second kappa shape index (κ2) is 6.25. The Kier molecular flexibility index (Phi) is 4.42. The number of carbonyl (C=O) groups excluding carboxylic acids is 1. The fraction of sp³-hybridized carbons (Fsp3) is 0.143. The molecule has 1 aromatic carbocycles. The van der Waals surface area contributed by atoms with Crippen LogP contribution < -0.4 is 10.1 Å². The lowest BCUT2D eigenvalue weighted by Gasteiger charge is -2.13. The SMILES string of the molecule is O=C(Nc1ccccc1OCC(F)(F)F)c1cccnc1. The fourth-order valence-electron chi connectivity index (χ4n) is 1.55. The monoisotopic (exact) mass is 296 g/mol. The number of rotatable bonds is 4. The van der Waals surface area contributed by atoms with Crippen molar-refractivity contribution >= 4 is 11.6 Å². The summed E-state index contributed by atoms with van der Waals surface area (Å²) in [6.45, 7) is -1.42. The van der Waals surface area contributed by atoms with Crippen LogP contribution in [0, 0.1) is 0 Å². The number of carbonyl (C=O) groups is 1. The maximum atomic E-state index is 12.2. The first kappa shape index (κ1) is 14.8. The van der Waals surface area contributed by atoms with Crippen LogP contribution >= 0.6 is 0 Å². The average Bonchev–Trinajstić information content (AvgIpc) is 2.46. The zero-order valence-corrected chi connectivity index (χ0v) is 10.7. The molecule has 0 fully saturated rings. The molecule has 0 aliphatic rings. The Morgan fingerprint density at radius 1 is 1.19 bits per heavy atom. The minimum absolute atomic E-state index is 0.0490. The van der Waals surface area contributed by atoms with Crippen molar-refractivity contribution < 1.29 is 22.7 Å². The molecule has 2 aromatic rings. The topological polar surface area (TPSA) is 51.2 Å². The number of nitrogens with zero attached hydrogens (tertiary/aromatic N) is 1. The highest BCUT2D eigenvalue weighted by molar-refractivity contribution is 6.04. The van der Waals surface area contributed by atoms with Crippen LogP contribution in [0.5, 0.6) is 5.75 Å². The van der Waals surface area contributed by atoms with Crippen molar-refractivity contribution in [2.24, 2.45) is 0 Å². The molecule has 0 radical (unpaired) electrons. The maximum absolute atomic E-state index is 12.2. The number of aromatic nitrogens is 1. The van der Waals surface area contributed by atoms with Crippen molar-refractivity contribution in [3.05, 3.63) is 54.4 Å². The number of hydrogen-bond donors (Lipinski definition) is 1. The highest BCUT2D eigenvalue weighted by Gasteiger charge is 2.28. The fourth-order valence-corrected chi connectivity index (χ4v) is 1.55. The van der Waals surface area contributed by atoms with Gasteiger partial charge in [0.15, 0.2) is 6.61 Å². The van der Waals surface area contributed by atoms with Gasteiger partial charge in [-0.3, -0.25) is 9.78 Å². The first-order valence-corrected chi connectivity index (χ1v) is 5.96. The number of hydrogen-bond acceptors (Lipinski definition) is 3. The van der Waals surface area contributed by atoms with Crippen LogP contribution in [0.1, 0.15) is 10.4 Å². The lowest BCUT2D eigenvalue weighted by Crippen LogP contribution is -2.20. The molecule has 1 aromatic heterocycles. The second-order valence-corrected chi connectivity index (χ2v) is 4.10. The van der Waals surface area contributed by atoms with Gasteiger partial charge in [0.1, 0.15) is 5.75 Å². The Bertz CT molecular complexity index is 615. The van der Waals surface area contributed by atoms with Gasteiger partial charge >= 0.3 is 6.18 Å². The van der Waals surface area contributed by atoms with Gasteiger partial charge < -0.3 is 10.1 Å². The number of anilines is 1. The summed E-state index contributed by atoms with van der Waals surface area (Å²) in [5.41, 5.74) is 0.457. The van der Waals surface area contributed by atoms with Gasteiger partial charge in [-0.2, -0.15) is 13.2 Å². The zero-order chi connectivity index (χ0) is 15.3. The van der Waals surface area contributed by atoms with Crippen LogP contribution in [0.15, 0.2) is 48.8 Å². The molecule has 1 N–H and O–H groups in total. The highest BCUT2D eigenvalue weighted by Crippen LogP contribution is 2.26. The Balaban J connectivity index is 2.11. The molecule has 110 valence electrons. The van der Waals surface area contributed by atoms with Crippen molar-refractivity contribution in [2.45, 2.75) is 6.18 Å². The quantitative estimate of drug-likeness (QED) is 0.942. The summed E-state index contributed by atoms with van der Waals surface area (Å²) < 4.78 is 41.2. The van der Waals surface area contributed by atoms with Crippen molar-refractivity contribution in [3.63, 3.8) is 0 Å². The molecule has 0 bridgehead atoms. The third-order valence-corrected chi connectivity index (χ3v) is 2.45. The zero-order valence-electron chi connectivity index (χ0n) is 10.7. The van der Waals surface area contributed by atoms with E-state index in [1.807, 2.05) is 0 Å². The van der Waals surface area contributed by atoms with Gasteiger partial charge in [0.25, 0.3) is 5.91 Å². The first-order valence-electron chi connectivity index (χ1n) is 5.96. The van der Waals surface area contributed by atoms with E-state index in [9.17, 15) is 18.0 Å². The minimum Gasteiger partial charge on any atom is -0.482 e. The molecule has 0 saturated heterocycles. The number of halogens is 3. The van der Waals surface area contributed by atoms with Crippen molar-refractivity contribution in [1.29, 1.82) is 0 Å². The van der Waals surface area contributed by atoms with Gasteiger partial charge in [-0.15, -0.1) is 0 Å². The molecule has 1 heterocycles. The molecule has 1 amide bonds. The van der Waals surface area contributed by atoms with Crippen LogP contribution in [-0.2, 0) is 0 Å². The lowest BCUT2D eigenvalue weighted by atomic mass is 10.2. The molecular formula is C14H11F3N2O2. The van der Waals surface area contributed by atoms with E-state index in [1.165, 1.54) is 30.6 Å². The number of alkyl halides is 3. The first-order chi connectivity index (χ1) is 9.96. The molecule has 0 unspecified atom stereocenters. The van der Waals surface area contributed by atoms with Gasteiger partial charge in [-0.05, 0) is 24.3 Å². The number of para-hydroxylation sites is 2. The normalized spacial score (nSPS) is 11.0. The molecule has 7 heteroatoms. The predicted octanol–water partition coefficient (Wildman–Crippen LogP) is 3.28. The van der Waals surface area contributed by atoms with E-state index in [4.69, 9.17) is 0 Å². The molecule has 0 atom stereocenters. The molecule has 0 spiro atoms. The van der Waals surface area contributed by atoms with Crippen LogP contribution in [-0.4, -0.2) is 23.7 Å². The van der Waals surface area contributed by atoms with E-state index < -0.39 is 18.7 Å². The molecule has 0 aliphatic heterocycles. The van der Waals surface area contributed by atoms with Gasteiger partial charge in [-0.1, -0.05) is 12.1 Å². The minimum atomic E-state index is -4.44. The van der Waals surface area contributed by atoms with Crippen LogP contribution in [0.25, 0.3) is 0 Å². The van der Waals surface area contributed by atoms with E-state index in [-0.39, 0.29) is 11.4 Å². The summed E-state index contributed by atoms with van der Waals surface area (Å²) in [4.78, 5) is 15.7. The summed E-state index contributed by atoms with van der Waals surface area (Å²) in [6, 6.07) is 9.04. The summed E-state index contributed by atoms with van der Waals surface area (Å²) in [5, 5.41) is 2.49. The van der Waals surface area contributed by atoms with Gasteiger partial charge in [0.2, 0.25) is 0 Å². The average molecular weight is 296 g/mol. The second-order valence-electron chi connectivity index (χ2n) is 4.10. The van der Waals surface area contributed by atoms with E-state index in [0.717, 1.165) is 0 Å². The van der Waals surface area contributed by atoms with Crippen molar-refractivity contribution in [2.75, 3.05) is 11.9 Å². The maximum Gasteiger partial charge on any atom is 0.422 e. The molecule has 4 nitrogen and oxygen atoms in total. The van der Waals surface area contributed by atoms with Gasteiger partial charge in [-0.25, -0.2) is 0 Å². The van der Waals surface area contributed by atoms with Crippen LogP contribution in [0.2, 0.25) is 0 Å². The van der Waals surface area contributed by atoms with E-state index in [0.29, 0.717) is 5.56 Å². The van der Waals surface area contributed by atoms with E-state index >= 15 is 0 Å². The molecule has 21 heavy (non-hydrogen) atoms. The van der Waals surface area contributed by atoms with Crippen LogP contribution in [0.4, 0.5) is 18.9 Å². The highest BCUT2D eigenvalue weighted by atomic mass is 19.4. The molecule has 2 rings (SSSR count). The standard InChI is InChI=1S/C14H11F3N2O2/c15-14(16,17)9-21-12-6-2-1-5-11(12)19-13(20)10-4-3-7-18-8-10/h1-8H,9H2,(H,19,20). The number of benzene rings is 1.